The molecular formula is C20H18F3N3O3. The van der Waals surface area contributed by atoms with E-state index in [9.17, 15) is 22.8 Å². The normalized spacial score (nSPS) is 11.7. The Bertz CT molecular complexity index is 1160. The molecule has 0 atom stereocenters. The van der Waals surface area contributed by atoms with E-state index in [1.165, 1.54) is 7.05 Å². The number of rotatable bonds is 3. The topological polar surface area (TPSA) is 74.1 Å². The Labute approximate surface area is 164 Å². The summed E-state index contributed by atoms with van der Waals surface area (Å²) in [6, 6.07) is 3.35. The number of fused-ring (bicyclic) bond motifs is 1. The van der Waals surface area contributed by atoms with Crippen molar-refractivity contribution in [3.05, 3.63) is 52.0 Å². The fourth-order valence-electron chi connectivity index (χ4n) is 3.32. The molecule has 0 N–H and O–H groups in total. The Hall–Kier alpha value is -3.23. The van der Waals surface area contributed by atoms with Crippen molar-refractivity contribution in [2.24, 2.45) is 7.05 Å². The number of hydrogen-bond acceptors (Lipinski definition) is 5. The van der Waals surface area contributed by atoms with Crippen molar-refractivity contribution < 1.29 is 27.5 Å². The van der Waals surface area contributed by atoms with Gasteiger partial charge < -0.3 is 4.74 Å². The van der Waals surface area contributed by atoms with Crippen LogP contribution in [0.25, 0.3) is 10.8 Å². The third-order valence-electron chi connectivity index (χ3n) is 4.82. The van der Waals surface area contributed by atoms with Crippen molar-refractivity contribution in [1.29, 1.82) is 0 Å². The van der Waals surface area contributed by atoms with E-state index in [4.69, 9.17) is 0 Å². The number of hydrogen-bond donors (Lipinski definition) is 0. The Morgan fingerprint density at radius 1 is 1.00 bits per heavy atom. The van der Waals surface area contributed by atoms with Crippen LogP contribution in [-0.2, 0) is 11.8 Å². The molecule has 3 aromatic rings. The summed E-state index contributed by atoms with van der Waals surface area (Å²) in [5, 5.41) is 5.26. The van der Waals surface area contributed by atoms with Crippen molar-refractivity contribution in [3.8, 4) is 5.88 Å². The highest BCUT2D eigenvalue weighted by molar-refractivity contribution is 6.18. The first-order chi connectivity index (χ1) is 13.4. The van der Waals surface area contributed by atoms with E-state index in [1.54, 1.807) is 12.1 Å². The zero-order valence-corrected chi connectivity index (χ0v) is 16.4. The average Bonchev–Trinajstić information content (AvgIpc) is 2.98. The first-order valence-corrected chi connectivity index (χ1v) is 8.66. The molecular weight excluding hydrogens is 387 g/mol. The molecule has 3 rings (SSSR count). The van der Waals surface area contributed by atoms with Crippen LogP contribution in [0.5, 0.6) is 5.88 Å². The third-order valence-corrected chi connectivity index (χ3v) is 4.82. The predicted molar refractivity (Wildman–Crippen MR) is 99.0 cm³/mol. The number of pyridine rings is 1. The summed E-state index contributed by atoms with van der Waals surface area (Å²) in [6.07, 6.45) is -4.11. The third kappa shape index (κ3) is 3.48. The Morgan fingerprint density at radius 3 is 2.28 bits per heavy atom. The minimum Gasteiger partial charge on any atom is -0.400 e. The molecule has 152 valence electrons. The summed E-state index contributed by atoms with van der Waals surface area (Å²) < 4.78 is 43.2. The highest BCUT2D eigenvalue weighted by Crippen LogP contribution is 2.32. The van der Waals surface area contributed by atoms with Crippen molar-refractivity contribution in [2.75, 3.05) is 0 Å². The van der Waals surface area contributed by atoms with E-state index in [-0.39, 0.29) is 11.1 Å². The number of esters is 1. The summed E-state index contributed by atoms with van der Waals surface area (Å²) in [4.78, 5) is 29.1. The van der Waals surface area contributed by atoms with Gasteiger partial charge in [-0.15, -0.1) is 0 Å². The Balaban J connectivity index is 2.20. The SMILES string of the molecule is Cc1nc(C)c2c(C)ccc(C(=O)c3cnn(C)c3OC(=O)C(F)(F)F)c2c1C. The zero-order valence-electron chi connectivity index (χ0n) is 16.4. The molecule has 1 aromatic carbocycles. The number of carbonyl (C=O) groups is 2. The molecule has 0 unspecified atom stereocenters. The number of aryl methyl sites for hydroxylation is 5. The molecule has 0 aliphatic carbocycles. The molecule has 0 saturated heterocycles. The second kappa shape index (κ2) is 6.98. The summed E-state index contributed by atoms with van der Waals surface area (Å²) in [5.74, 6) is -3.58. The maximum atomic E-state index is 13.3. The maximum absolute atomic E-state index is 13.3. The lowest BCUT2D eigenvalue weighted by molar-refractivity contribution is -0.190. The lowest BCUT2D eigenvalue weighted by atomic mass is 9.91. The molecule has 2 aromatic heterocycles. The number of benzene rings is 1. The zero-order chi connectivity index (χ0) is 21.7. The molecule has 0 radical (unpaired) electrons. The first kappa shape index (κ1) is 20.5. The second-order valence-electron chi connectivity index (χ2n) is 6.79. The molecule has 29 heavy (non-hydrogen) atoms. The molecule has 0 aliphatic heterocycles. The smallest absolute Gasteiger partial charge is 0.400 e. The van der Waals surface area contributed by atoms with Gasteiger partial charge in [-0.3, -0.25) is 9.78 Å². The van der Waals surface area contributed by atoms with Gasteiger partial charge in [0.25, 0.3) is 0 Å². The van der Waals surface area contributed by atoms with Crippen molar-refractivity contribution in [1.82, 2.24) is 14.8 Å². The van der Waals surface area contributed by atoms with E-state index >= 15 is 0 Å². The highest BCUT2D eigenvalue weighted by atomic mass is 19.4. The maximum Gasteiger partial charge on any atom is 0.491 e. The minimum atomic E-state index is -5.20. The van der Waals surface area contributed by atoms with Gasteiger partial charge in [0.05, 0.1) is 6.20 Å². The largest absolute Gasteiger partial charge is 0.491 e. The predicted octanol–water partition coefficient (Wildman–Crippen LogP) is 3.90. The van der Waals surface area contributed by atoms with Crippen LogP contribution in [0.4, 0.5) is 13.2 Å². The molecule has 9 heteroatoms. The van der Waals surface area contributed by atoms with Crippen LogP contribution in [0.2, 0.25) is 0 Å². The van der Waals surface area contributed by atoms with Gasteiger partial charge in [-0.05, 0) is 44.2 Å². The number of ketones is 1. The van der Waals surface area contributed by atoms with Crippen molar-refractivity contribution in [2.45, 2.75) is 33.9 Å². The van der Waals surface area contributed by atoms with Crippen LogP contribution in [0.3, 0.4) is 0 Å². The highest BCUT2D eigenvalue weighted by Gasteiger charge is 2.42. The van der Waals surface area contributed by atoms with Crippen molar-refractivity contribution >= 4 is 22.5 Å². The standard InChI is InChI=1S/C20H18F3N3O3/c1-9-6-7-13(16-10(2)11(3)25-12(4)15(9)16)17(27)14-8-24-26(5)18(14)29-19(28)20(21,22)23/h6-8H,1-5H3. The Kier molecular flexibility index (Phi) is 4.94. The van der Waals surface area contributed by atoms with E-state index in [0.29, 0.717) is 5.39 Å². The summed E-state index contributed by atoms with van der Waals surface area (Å²) in [6.45, 7) is 7.37. The van der Waals surface area contributed by atoms with Crippen LogP contribution in [0, 0.1) is 27.7 Å². The Morgan fingerprint density at radius 2 is 1.66 bits per heavy atom. The number of ether oxygens (including phenoxy) is 1. The van der Waals surface area contributed by atoms with E-state index in [2.05, 4.69) is 14.8 Å². The van der Waals surface area contributed by atoms with Gasteiger partial charge in [0.1, 0.15) is 5.56 Å². The van der Waals surface area contributed by atoms with E-state index in [0.717, 1.165) is 38.8 Å². The van der Waals surface area contributed by atoms with Gasteiger partial charge >= 0.3 is 12.1 Å². The van der Waals surface area contributed by atoms with Gasteiger partial charge in [-0.1, -0.05) is 12.1 Å². The number of alkyl halides is 3. The van der Waals surface area contributed by atoms with E-state index in [1.807, 2.05) is 27.7 Å². The lowest BCUT2D eigenvalue weighted by Gasteiger charge is -2.15. The van der Waals surface area contributed by atoms with Crippen LogP contribution in [0.1, 0.15) is 38.4 Å². The minimum absolute atomic E-state index is 0.234. The molecule has 0 spiro atoms. The number of nitrogens with zero attached hydrogens (tertiary/aromatic N) is 3. The second-order valence-corrected chi connectivity index (χ2v) is 6.79. The number of halogens is 3. The molecule has 0 bridgehead atoms. The number of aromatic nitrogens is 3. The van der Waals surface area contributed by atoms with Crippen LogP contribution in [-0.4, -0.2) is 32.7 Å². The van der Waals surface area contributed by atoms with Crippen LogP contribution in [0.15, 0.2) is 18.3 Å². The number of carbonyl (C=O) groups excluding carboxylic acids is 2. The van der Waals surface area contributed by atoms with Gasteiger partial charge in [0.15, 0.2) is 0 Å². The monoisotopic (exact) mass is 405 g/mol. The fraction of sp³-hybridized carbons (Fsp3) is 0.300. The molecule has 6 nitrogen and oxygen atoms in total. The molecule has 0 fully saturated rings. The molecule has 0 saturated carbocycles. The lowest BCUT2D eigenvalue weighted by Crippen LogP contribution is -2.29. The van der Waals surface area contributed by atoms with Gasteiger partial charge in [0, 0.05) is 29.4 Å². The molecule has 2 heterocycles. The average molecular weight is 405 g/mol. The van der Waals surface area contributed by atoms with Crippen LogP contribution < -0.4 is 4.74 Å². The van der Waals surface area contributed by atoms with E-state index < -0.39 is 23.8 Å². The summed E-state index contributed by atoms with van der Waals surface area (Å²) >= 11 is 0. The first-order valence-electron chi connectivity index (χ1n) is 8.66. The van der Waals surface area contributed by atoms with Gasteiger partial charge in [-0.2, -0.15) is 18.3 Å². The molecule has 0 amide bonds. The summed E-state index contributed by atoms with van der Waals surface area (Å²) in [5.41, 5.74) is 3.22. The van der Waals surface area contributed by atoms with Crippen LogP contribution >= 0.6 is 0 Å². The van der Waals surface area contributed by atoms with Crippen molar-refractivity contribution in [3.63, 3.8) is 0 Å². The summed E-state index contributed by atoms with van der Waals surface area (Å²) in [7, 11) is 1.28. The van der Waals surface area contributed by atoms with Gasteiger partial charge in [-0.25, -0.2) is 9.48 Å². The molecule has 0 aliphatic rings. The fourth-order valence-corrected chi connectivity index (χ4v) is 3.32. The van der Waals surface area contributed by atoms with Gasteiger partial charge in [0.2, 0.25) is 11.7 Å². The quantitative estimate of drug-likeness (QED) is 0.488.